The number of aromatic nitrogens is 3. The van der Waals surface area contributed by atoms with Crippen LogP contribution >= 0.6 is 0 Å². The van der Waals surface area contributed by atoms with E-state index in [2.05, 4.69) is 15.0 Å². The van der Waals surface area contributed by atoms with Gasteiger partial charge in [-0.15, -0.1) is 0 Å². The van der Waals surface area contributed by atoms with Gasteiger partial charge in [0, 0.05) is 49.5 Å². The van der Waals surface area contributed by atoms with Crippen molar-refractivity contribution in [2.24, 2.45) is 0 Å². The van der Waals surface area contributed by atoms with E-state index in [1.54, 1.807) is 29.2 Å². The van der Waals surface area contributed by atoms with Gasteiger partial charge in [-0.25, -0.2) is 14.4 Å². The van der Waals surface area contributed by atoms with Gasteiger partial charge in [0.15, 0.2) is 0 Å². The van der Waals surface area contributed by atoms with Gasteiger partial charge in [-0.05, 0) is 60.0 Å². The van der Waals surface area contributed by atoms with Crippen LogP contribution in [0, 0.1) is 5.82 Å². The van der Waals surface area contributed by atoms with Crippen molar-refractivity contribution in [3.63, 3.8) is 0 Å². The van der Waals surface area contributed by atoms with E-state index in [9.17, 15) is 22.4 Å². The minimum absolute atomic E-state index is 0.0736. The van der Waals surface area contributed by atoms with E-state index in [0.717, 1.165) is 29.0 Å². The Labute approximate surface area is 233 Å². The maximum Gasteiger partial charge on any atom is 0.416 e. The second-order valence-electron chi connectivity index (χ2n) is 10.1. The topological polar surface area (TPSA) is 71.5 Å². The number of nitrogens with zero attached hydrogens (tertiary/aromatic N) is 5. The normalized spacial score (nSPS) is 15.5. The molecule has 7 nitrogen and oxygen atoms in total. The number of ether oxygens (including phenoxy) is 1. The number of hydrogen-bond donors (Lipinski definition) is 0. The molecule has 0 aliphatic carbocycles. The van der Waals surface area contributed by atoms with Gasteiger partial charge in [0.2, 0.25) is 0 Å². The van der Waals surface area contributed by atoms with Crippen LogP contribution in [-0.4, -0.2) is 52.5 Å². The van der Waals surface area contributed by atoms with E-state index in [0.29, 0.717) is 61.3 Å². The average Bonchev–Trinajstić information content (AvgIpc) is 2.93. The predicted molar refractivity (Wildman–Crippen MR) is 143 cm³/mol. The predicted octanol–water partition coefficient (Wildman–Crippen LogP) is 5.51. The molecule has 0 atom stereocenters. The minimum Gasteiger partial charge on any atom is -0.497 e. The van der Waals surface area contributed by atoms with E-state index in [1.807, 2.05) is 30.3 Å². The lowest BCUT2D eigenvalue weighted by atomic mass is 9.92. The molecule has 6 rings (SSSR count). The molecule has 2 aliphatic heterocycles. The molecule has 2 aromatic heterocycles. The zero-order valence-corrected chi connectivity index (χ0v) is 22.0. The molecule has 2 aromatic carbocycles. The lowest BCUT2D eigenvalue weighted by Crippen LogP contribution is -2.45. The highest BCUT2D eigenvalue weighted by atomic mass is 19.4. The number of benzene rings is 2. The van der Waals surface area contributed by atoms with E-state index < -0.39 is 17.6 Å². The van der Waals surface area contributed by atoms with Gasteiger partial charge in [0.05, 0.1) is 29.8 Å². The SMILES string of the molecule is COc1ccc(CN2CCc3c(ccnc3-c3cc(C4CN(c5cc(F)cc(C(F)(F)F)c5)C4)ncn3)C2=O)cc1. The number of alkyl halides is 3. The third-order valence-corrected chi connectivity index (χ3v) is 7.54. The Bertz CT molecular complexity index is 1600. The van der Waals surface area contributed by atoms with E-state index >= 15 is 0 Å². The van der Waals surface area contributed by atoms with Crippen molar-refractivity contribution in [2.75, 3.05) is 31.6 Å². The molecule has 0 saturated carbocycles. The highest BCUT2D eigenvalue weighted by molar-refractivity contribution is 5.98. The zero-order chi connectivity index (χ0) is 28.7. The molecule has 1 saturated heterocycles. The van der Waals surface area contributed by atoms with Crippen LogP contribution in [0.25, 0.3) is 11.4 Å². The van der Waals surface area contributed by atoms with Crippen LogP contribution in [0.1, 0.15) is 38.7 Å². The molecule has 210 valence electrons. The summed E-state index contributed by atoms with van der Waals surface area (Å²) < 4.78 is 58.5. The van der Waals surface area contributed by atoms with E-state index in [-0.39, 0.29) is 17.5 Å². The number of amides is 1. The Balaban J connectivity index is 1.19. The summed E-state index contributed by atoms with van der Waals surface area (Å²) in [5, 5.41) is 0. The molecule has 4 aromatic rings. The number of carbonyl (C=O) groups excluding carboxylic acids is 1. The Morgan fingerprint density at radius 1 is 1.00 bits per heavy atom. The fourth-order valence-corrected chi connectivity index (χ4v) is 5.31. The summed E-state index contributed by atoms with van der Waals surface area (Å²) in [4.78, 5) is 30.2. The van der Waals surface area contributed by atoms with Crippen molar-refractivity contribution in [2.45, 2.75) is 25.1 Å². The summed E-state index contributed by atoms with van der Waals surface area (Å²) >= 11 is 0. The van der Waals surface area contributed by atoms with Crippen molar-refractivity contribution >= 4 is 11.6 Å². The molecular formula is C30H25F4N5O2. The van der Waals surface area contributed by atoms with Crippen molar-refractivity contribution in [1.29, 1.82) is 0 Å². The molecule has 0 bridgehead atoms. The fourth-order valence-electron chi connectivity index (χ4n) is 5.31. The first-order chi connectivity index (χ1) is 19.7. The molecule has 1 fully saturated rings. The monoisotopic (exact) mass is 563 g/mol. The number of hydrogen-bond acceptors (Lipinski definition) is 6. The smallest absolute Gasteiger partial charge is 0.416 e. The van der Waals surface area contributed by atoms with Crippen molar-refractivity contribution in [1.82, 2.24) is 19.9 Å². The Morgan fingerprint density at radius 2 is 1.78 bits per heavy atom. The summed E-state index contributed by atoms with van der Waals surface area (Å²) in [6, 6.07) is 13.7. The third-order valence-electron chi connectivity index (χ3n) is 7.54. The number of halogens is 4. The number of rotatable bonds is 6. The summed E-state index contributed by atoms with van der Waals surface area (Å²) in [7, 11) is 1.61. The van der Waals surface area contributed by atoms with Gasteiger partial charge in [-0.2, -0.15) is 13.2 Å². The summed E-state index contributed by atoms with van der Waals surface area (Å²) in [5.74, 6) is -0.332. The highest BCUT2D eigenvalue weighted by Crippen LogP contribution is 2.37. The average molecular weight is 564 g/mol. The first kappa shape index (κ1) is 26.7. The van der Waals surface area contributed by atoms with Crippen molar-refractivity contribution in [3.8, 4) is 17.1 Å². The van der Waals surface area contributed by atoms with Crippen LogP contribution in [0.3, 0.4) is 0 Å². The Morgan fingerprint density at radius 3 is 2.51 bits per heavy atom. The first-order valence-corrected chi connectivity index (χ1v) is 13.0. The maximum absolute atomic E-state index is 13.9. The van der Waals surface area contributed by atoms with Gasteiger partial charge in [0.1, 0.15) is 17.9 Å². The maximum atomic E-state index is 13.9. The van der Waals surface area contributed by atoms with Crippen molar-refractivity contribution < 1.29 is 27.1 Å². The van der Waals surface area contributed by atoms with Gasteiger partial charge >= 0.3 is 6.18 Å². The third kappa shape index (κ3) is 5.31. The molecule has 11 heteroatoms. The summed E-state index contributed by atoms with van der Waals surface area (Å²) in [6.07, 6.45) is -0.992. The van der Waals surface area contributed by atoms with E-state index in [1.165, 1.54) is 6.33 Å². The number of carbonyl (C=O) groups is 1. The Hall–Kier alpha value is -4.54. The molecule has 0 N–H and O–H groups in total. The van der Waals surface area contributed by atoms with Gasteiger partial charge < -0.3 is 14.5 Å². The van der Waals surface area contributed by atoms with Gasteiger partial charge in [0.25, 0.3) is 5.91 Å². The standard InChI is InChI=1S/C30H25F4N5O2/c1-41-23-4-2-18(3-5-23)14-38-9-7-24-25(29(38)40)6-8-35-28(24)27-13-26(36-17-37-27)19-15-39(16-19)22-11-20(30(32,33)34)10-21(31)12-22/h2-6,8,10-13,17,19H,7,9,14-16H2,1H3. The highest BCUT2D eigenvalue weighted by Gasteiger charge is 2.35. The molecule has 0 spiro atoms. The number of anilines is 1. The molecular weight excluding hydrogens is 538 g/mol. The number of pyridine rings is 1. The van der Waals surface area contributed by atoms with Crippen LogP contribution in [0.5, 0.6) is 5.75 Å². The van der Waals surface area contributed by atoms with Crippen LogP contribution in [-0.2, 0) is 19.1 Å². The van der Waals surface area contributed by atoms with Crippen LogP contribution < -0.4 is 9.64 Å². The second-order valence-corrected chi connectivity index (χ2v) is 10.1. The van der Waals surface area contributed by atoms with Gasteiger partial charge in [-0.3, -0.25) is 9.78 Å². The van der Waals surface area contributed by atoms with Crippen LogP contribution in [0.15, 0.2) is 67.1 Å². The molecule has 41 heavy (non-hydrogen) atoms. The Kier molecular flexibility index (Phi) is 6.80. The van der Waals surface area contributed by atoms with Crippen molar-refractivity contribution in [3.05, 3.63) is 101 Å². The lowest BCUT2D eigenvalue weighted by Gasteiger charge is -2.41. The number of methoxy groups -OCH3 is 1. The molecule has 0 unspecified atom stereocenters. The molecule has 2 aliphatic rings. The quantitative estimate of drug-likeness (QED) is 0.288. The fraction of sp³-hybridized carbons (Fsp3) is 0.267. The second kappa shape index (κ2) is 10.5. The molecule has 1 amide bonds. The first-order valence-electron chi connectivity index (χ1n) is 13.0. The summed E-state index contributed by atoms with van der Waals surface area (Å²) in [5.41, 5.74) is 3.46. The largest absolute Gasteiger partial charge is 0.497 e. The van der Waals surface area contributed by atoms with Crippen LogP contribution in [0.4, 0.5) is 23.2 Å². The zero-order valence-electron chi connectivity index (χ0n) is 22.0. The number of fused-ring (bicyclic) bond motifs is 1. The van der Waals surface area contributed by atoms with Gasteiger partial charge in [-0.1, -0.05) is 12.1 Å². The molecule has 0 radical (unpaired) electrons. The van der Waals surface area contributed by atoms with E-state index in [4.69, 9.17) is 4.74 Å². The summed E-state index contributed by atoms with van der Waals surface area (Å²) in [6.45, 7) is 1.78. The van der Waals surface area contributed by atoms with Crippen LogP contribution in [0.2, 0.25) is 0 Å². The molecule has 4 heterocycles. The lowest BCUT2D eigenvalue weighted by molar-refractivity contribution is -0.137. The minimum atomic E-state index is -4.63.